The number of aromatic amines is 1. The van der Waals surface area contributed by atoms with Crippen molar-refractivity contribution in [1.82, 2.24) is 29.6 Å². The average Bonchev–Trinajstić information content (AvgIpc) is 3.09. The summed E-state index contributed by atoms with van der Waals surface area (Å²) in [6.45, 7) is 7.23. The number of pyridine rings is 1. The molecule has 190 valence electrons. The second-order valence-electron chi connectivity index (χ2n) is 10.5. The molecule has 37 heavy (non-hydrogen) atoms. The van der Waals surface area contributed by atoms with Crippen LogP contribution in [0.4, 0.5) is 5.82 Å². The zero-order valence-electron chi connectivity index (χ0n) is 20.9. The van der Waals surface area contributed by atoms with Gasteiger partial charge in [-0.1, -0.05) is 13.0 Å². The quantitative estimate of drug-likeness (QED) is 0.280. The van der Waals surface area contributed by atoms with Crippen LogP contribution in [0.25, 0.3) is 21.9 Å². The molecule has 1 aromatic carbocycles. The molecule has 2 N–H and O–H groups in total. The van der Waals surface area contributed by atoms with Gasteiger partial charge in [-0.25, -0.2) is 9.97 Å². The van der Waals surface area contributed by atoms with Crippen LogP contribution in [0.3, 0.4) is 0 Å². The number of rotatable bonds is 5. The summed E-state index contributed by atoms with van der Waals surface area (Å²) >= 11 is 3.35. The van der Waals surface area contributed by atoms with E-state index in [-0.39, 0.29) is 35.6 Å². The van der Waals surface area contributed by atoms with Crippen LogP contribution >= 0.6 is 15.9 Å². The molecule has 10 nitrogen and oxygen atoms in total. The molecule has 0 bridgehead atoms. The first-order chi connectivity index (χ1) is 17.5. The number of benzene rings is 1. The summed E-state index contributed by atoms with van der Waals surface area (Å²) < 4.78 is 2.18. The van der Waals surface area contributed by atoms with Crippen LogP contribution in [0.1, 0.15) is 48.6 Å². The first-order valence-electron chi connectivity index (χ1n) is 12.2. The maximum Gasteiger partial charge on any atom is 0.248 e. The van der Waals surface area contributed by atoms with Gasteiger partial charge in [0.05, 0.1) is 16.6 Å². The monoisotopic (exact) mass is 563 g/mol. The lowest BCUT2D eigenvalue weighted by atomic mass is 10.0. The Morgan fingerprint density at radius 2 is 1.97 bits per heavy atom. The number of amides is 2. The number of hydrogen-bond acceptors (Lipinski definition) is 6. The summed E-state index contributed by atoms with van der Waals surface area (Å²) in [6.07, 6.45) is 1.45. The van der Waals surface area contributed by atoms with E-state index in [0.29, 0.717) is 33.4 Å². The molecule has 11 heteroatoms. The minimum absolute atomic E-state index is 0.00196. The van der Waals surface area contributed by atoms with Gasteiger partial charge in [0.25, 0.3) is 0 Å². The van der Waals surface area contributed by atoms with E-state index >= 15 is 0 Å². The fourth-order valence-corrected chi connectivity index (χ4v) is 5.90. The zero-order chi connectivity index (χ0) is 26.2. The van der Waals surface area contributed by atoms with Crippen molar-refractivity contribution >= 4 is 61.3 Å². The molecule has 3 aromatic heterocycles. The molecular formula is C26H26BrN7O3. The van der Waals surface area contributed by atoms with Crippen molar-refractivity contribution in [2.45, 2.75) is 59.2 Å². The number of H-pyrrole nitrogens is 1. The van der Waals surface area contributed by atoms with Crippen molar-refractivity contribution in [2.24, 2.45) is 5.41 Å². The van der Waals surface area contributed by atoms with E-state index in [1.807, 2.05) is 38.1 Å². The summed E-state index contributed by atoms with van der Waals surface area (Å²) in [6, 6.07) is 6.78. The van der Waals surface area contributed by atoms with E-state index < -0.39 is 6.04 Å². The summed E-state index contributed by atoms with van der Waals surface area (Å²) in [5, 5.41) is 8.09. The van der Waals surface area contributed by atoms with Gasteiger partial charge in [0.15, 0.2) is 5.78 Å². The lowest BCUT2D eigenvalue weighted by molar-refractivity contribution is -0.138. The highest BCUT2D eigenvalue weighted by atomic mass is 79.9. The summed E-state index contributed by atoms with van der Waals surface area (Å²) in [4.78, 5) is 53.2. The van der Waals surface area contributed by atoms with Crippen molar-refractivity contribution in [3.05, 3.63) is 46.0 Å². The van der Waals surface area contributed by atoms with Gasteiger partial charge in [0.1, 0.15) is 34.5 Å². The first kappa shape index (κ1) is 23.8. The van der Waals surface area contributed by atoms with E-state index in [9.17, 15) is 14.4 Å². The normalized spacial score (nSPS) is 22.5. The number of fused-ring (bicyclic) bond motifs is 3. The Balaban J connectivity index is 1.32. The molecule has 2 aliphatic rings. The van der Waals surface area contributed by atoms with Crippen molar-refractivity contribution in [3.8, 4) is 0 Å². The van der Waals surface area contributed by atoms with Crippen LogP contribution in [0.2, 0.25) is 0 Å². The van der Waals surface area contributed by atoms with Crippen LogP contribution in [-0.2, 0) is 16.1 Å². The van der Waals surface area contributed by atoms with Crippen LogP contribution in [-0.4, -0.2) is 59.3 Å². The Morgan fingerprint density at radius 1 is 1.19 bits per heavy atom. The molecule has 2 amide bonds. The second kappa shape index (κ2) is 8.20. The molecule has 0 radical (unpaired) electrons. The fraction of sp³-hybridized carbons (Fsp3) is 0.385. The number of aryl methyl sites for hydroxylation is 2. The maximum atomic E-state index is 13.7. The van der Waals surface area contributed by atoms with E-state index in [1.54, 1.807) is 9.58 Å². The van der Waals surface area contributed by atoms with Gasteiger partial charge in [-0.15, -0.1) is 0 Å². The number of Topliss-reactive ketones (excluding diaryl/α,β-unsaturated/α-hetero) is 1. The lowest BCUT2D eigenvalue weighted by Gasteiger charge is -2.27. The zero-order valence-corrected chi connectivity index (χ0v) is 22.5. The SMILES string of the molecule is CC(=O)c1nn(CC(=O)N2[C@H](C(=O)Nc3nc(Br)ccc3C)C[C@@]3(C)C[C@@H]23)c2cc3nc(C)[nH]c3cc12. The van der Waals surface area contributed by atoms with Gasteiger partial charge in [-0.05, 0) is 71.8 Å². The highest BCUT2D eigenvalue weighted by Gasteiger charge is 2.64. The van der Waals surface area contributed by atoms with Gasteiger partial charge in [-0.3, -0.25) is 19.1 Å². The largest absolute Gasteiger partial charge is 0.342 e. The predicted molar refractivity (Wildman–Crippen MR) is 141 cm³/mol. The molecule has 1 saturated heterocycles. The Morgan fingerprint density at radius 3 is 2.73 bits per heavy atom. The van der Waals surface area contributed by atoms with Crippen LogP contribution < -0.4 is 5.32 Å². The van der Waals surface area contributed by atoms with E-state index in [4.69, 9.17) is 0 Å². The van der Waals surface area contributed by atoms with Crippen molar-refractivity contribution in [1.29, 1.82) is 0 Å². The summed E-state index contributed by atoms with van der Waals surface area (Å²) in [7, 11) is 0. The van der Waals surface area contributed by atoms with E-state index in [1.165, 1.54) is 6.92 Å². The van der Waals surface area contributed by atoms with Gasteiger partial charge in [-0.2, -0.15) is 5.10 Å². The molecule has 3 atom stereocenters. The number of hydrogen-bond donors (Lipinski definition) is 2. The number of halogens is 1. The van der Waals surface area contributed by atoms with Crippen LogP contribution in [0, 0.1) is 19.3 Å². The minimum Gasteiger partial charge on any atom is -0.342 e. The molecule has 0 spiro atoms. The third-order valence-electron chi connectivity index (χ3n) is 7.62. The number of likely N-dealkylation sites (tertiary alicyclic amines) is 1. The summed E-state index contributed by atoms with van der Waals surface area (Å²) in [5.41, 5.74) is 3.26. The number of nitrogens with zero attached hydrogens (tertiary/aromatic N) is 5. The topological polar surface area (TPSA) is 126 Å². The lowest BCUT2D eigenvalue weighted by Crippen LogP contribution is -2.47. The number of piperidine rings is 1. The number of anilines is 1. The number of aromatic nitrogens is 5. The van der Waals surface area contributed by atoms with Gasteiger partial charge in [0, 0.05) is 18.4 Å². The third kappa shape index (κ3) is 3.92. The van der Waals surface area contributed by atoms with Gasteiger partial charge < -0.3 is 15.2 Å². The Hall–Kier alpha value is -3.60. The molecule has 6 rings (SSSR count). The number of nitrogens with one attached hydrogen (secondary N) is 2. The molecule has 1 aliphatic carbocycles. The minimum atomic E-state index is -0.605. The molecule has 2 fully saturated rings. The Bertz CT molecular complexity index is 1640. The second-order valence-corrected chi connectivity index (χ2v) is 11.3. The number of carbonyl (C=O) groups is 3. The van der Waals surface area contributed by atoms with Crippen molar-refractivity contribution in [2.75, 3.05) is 5.32 Å². The maximum absolute atomic E-state index is 13.7. The number of carbonyl (C=O) groups excluding carboxylic acids is 3. The average molecular weight is 564 g/mol. The Kier molecular flexibility index (Phi) is 5.27. The number of imidazole rings is 1. The predicted octanol–water partition coefficient (Wildman–Crippen LogP) is 3.91. The van der Waals surface area contributed by atoms with Crippen LogP contribution in [0.5, 0.6) is 0 Å². The molecule has 4 aromatic rings. The standard InChI is InChI=1S/C26H26BrN7O3/c1-12-5-6-21(27)30-24(12)31-25(37)19-9-26(4)10-20(26)34(19)22(36)11-33-18-8-17-16(28-14(3)29-17)7-15(18)23(32-33)13(2)35/h5-8,19-20H,9-11H2,1-4H3,(H,28,29)(H,30,31,37)/t19-,20+,26-/m0/s1. The highest BCUT2D eigenvalue weighted by Crippen LogP contribution is 2.59. The molecular weight excluding hydrogens is 538 g/mol. The Labute approximate surface area is 221 Å². The van der Waals surface area contributed by atoms with E-state index in [0.717, 1.165) is 28.8 Å². The number of ketones is 1. The highest BCUT2D eigenvalue weighted by molar-refractivity contribution is 9.10. The fourth-order valence-electron chi connectivity index (χ4n) is 5.59. The van der Waals surface area contributed by atoms with Crippen LogP contribution in [0.15, 0.2) is 28.9 Å². The van der Waals surface area contributed by atoms with Gasteiger partial charge >= 0.3 is 0 Å². The summed E-state index contributed by atoms with van der Waals surface area (Å²) in [5.74, 6) is 0.593. The van der Waals surface area contributed by atoms with Crippen molar-refractivity contribution < 1.29 is 14.4 Å². The van der Waals surface area contributed by atoms with Crippen molar-refractivity contribution in [3.63, 3.8) is 0 Å². The third-order valence-corrected chi connectivity index (χ3v) is 8.06. The van der Waals surface area contributed by atoms with Gasteiger partial charge in [0.2, 0.25) is 11.8 Å². The molecule has 1 aliphatic heterocycles. The first-order valence-corrected chi connectivity index (χ1v) is 13.0. The molecule has 4 heterocycles. The van der Waals surface area contributed by atoms with E-state index in [2.05, 4.69) is 48.2 Å². The molecule has 1 saturated carbocycles. The smallest absolute Gasteiger partial charge is 0.248 e. The molecule has 0 unspecified atom stereocenters.